The molecule has 2 heterocycles. The SMILES string of the molecule is COc1cc(-n2cc(C=O)cn2)ncc1C(=O)NCc1ccc(C(F)(F)F)cc1. The molecule has 3 rings (SSSR count). The maximum atomic E-state index is 12.6. The Bertz CT molecular complexity index is 1030. The molecule has 150 valence electrons. The lowest BCUT2D eigenvalue weighted by atomic mass is 10.1. The number of carbonyl (C=O) groups is 2. The Hall–Kier alpha value is -3.69. The summed E-state index contributed by atoms with van der Waals surface area (Å²) in [4.78, 5) is 27.3. The van der Waals surface area contributed by atoms with Crippen LogP contribution in [0.2, 0.25) is 0 Å². The summed E-state index contributed by atoms with van der Waals surface area (Å²) in [6.07, 6.45) is 0.358. The largest absolute Gasteiger partial charge is 0.496 e. The molecule has 3 aromatic rings. The Kier molecular flexibility index (Phi) is 5.62. The highest BCUT2D eigenvalue weighted by Crippen LogP contribution is 2.29. The molecule has 0 bridgehead atoms. The zero-order valence-electron chi connectivity index (χ0n) is 15.1. The van der Waals surface area contributed by atoms with Crippen LogP contribution in [-0.2, 0) is 12.7 Å². The molecular formula is C19H15F3N4O3. The Morgan fingerprint density at radius 1 is 1.24 bits per heavy atom. The second kappa shape index (κ2) is 8.13. The Morgan fingerprint density at radius 2 is 1.97 bits per heavy atom. The summed E-state index contributed by atoms with van der Waals surface area (Å²) >= 11 is 0. The van der Waals surface area contributed by atoms with Crippen LogP contribution in [0, 0.1) is 0 Å². The molecule has 0 atom stereocenters. The number of ether oxygens (including phenoxy) is 1. The van der Waals surface area contributed by atoms with Crippen LogP contribution >= 0.6 is 0 Å². The molecule has 10 heteroatoms. The van der Waals surface area contributed by atoms with Crippen molar-refractivity contribution >= 4 is 12.2 Å². The smallest absolute Gasteiger partial charge is 0.416 e. The molecule has 0 radical (unpaired) electrons. The van der Waals surface area contributed by atoms with Crippen molar-refractivity contribution < 1.29 is 27.5 Å². The standard InChI is InChI=1S/C19H15F3N4O3/c1-29-16-6-17(26-10-13(11-27)8-25-26)23-9-15(16)18(28)24-7-12-2-4-14(5-3-12)19(20,21)22/h2-6,8-11H,7H2,1H3,(H,24,28). The number of aromatic nitrogens is 3. The molecule has 2 aromatic heterocycles. The molecule has 0 aliphatic carbocycles. The average Bonchev–Trinajstić information content (AvgIpc) is 3.20. The fourth-order valence-corrected chi connectivity index (χ4v) is 2.50. The number of methoxy groups -OCH3 is 1. The second-order valence-corrected chi connectivity index (χ2v) is 5.96. The number of nitrogens with one attached hydrogen (secondary N) is 1. The molecule has 1 N–H and O–H groups in total. The molecule has 0 saturated heterocycles. The summed E-state index contributed by atoms with van der Waals surface area (Å²) in [6.45, 7) is 0.0315. The maximum Gasteiger partial charge on any atom is 0.416 e. The molecule has 0 fully saturated rings. The molecule has 29 heavy (non-hydrogen) atoms. The third-order valence-corrected chi connectivity index (χ3v) is 4.02. The van der Waals surface area contributed by atoms with Gasteiger partial charge in [0.2, 0.25) is 0 Å². The van der Waals surface area contributed by atoms with E-state index in [0.717, 1.165) is 12.1 Å². The molecule has 0 aliphatic rings. The van der Waals surface area contributed by atoms with Gasteiger partial charge in [0.25, 0.3) is 5.91 Å². The number of halogens is 3. The van der Waals surface area contributed by atoms with Gasteiger partial charge in [-0.2, -0.15) is 18.3 Å². The van der Waals surface area contributed by atoms with E-state index in [9.17, 15) is 22.8 Å². The number of nitrogens with zero attached hydrogens (tertiary/aromatic N) is 3. The zero-order valence-corrected chi connectivity index (χ0v) is 15.1. The van der Waals surface area contributed by atoms with Gasteiger partial charge in [0.05, 0.1) is 30.0 Å². The lowest BCUT2D eigenvalue weighted by molar-refractivity contribution is -0.137. The van der Waals surface area contributed by atoms with Gasteiger partial charge in [-0.3, -0.25) is 9.59 Å². The van der Waals surface area contributed by atoms with E-state index in [1.807, 2.05) is 0 Å². The lowest BCUT2D eigenvalue weighted by Crippen LogP contribution is -2.23. The fourth-order valence-electron chi connectivity index (χ4n) is 2.50. The normalized spacial score (nSPS) is 11.2. The highest BCUT2D eigenvalue weighted by molar-refractivity contribution is 5.96. The number of rotatable bonds is 6. The van der Waals surface area contributed by atoms with E-state index < -0.39 is 17.6 Å². The van der Waals surface area contributed by atoms with Gasteiger partial charge in [-0.25, -0.2) is 9.67 Å². The van der Waals surface area contributed by atoms with Crippen molar-refractivity contribution in [1.82, 2.24) is 20.1 Å². The van der Waals surface area contributed by atoms with Crippen LogP contribution in [0.25, 0.3) is 5.82 Å². The Morgan fingerprint density at radius 3 is 2.55 bits per heavy atom. The van der Waals surface area contributed by atoms with Crippen molar-refractivity contribution in [2.75, 3.05) is 7.11 Å². The van der Waals surface area contributed by atoms with Crippen LogP contribution in [0.5, 0.6) is 5.75 Å². The van der Waals surface area contributed by atoms with E-state index in [1.165, 1.54) is 48.6 Å². The summed E-state index contributed by atoms with van der Waals surface area (Å²) in [6, 6.07) is 5.98. The van der Waals surface area contributed by atoms with Gasteiger partial charge < -0.3 is 10.1 Å². The minimum Gasteiger partial charge on any atom is -0.496 e. The minimum absolute atomic E-state index is 0.0315. The fraction of sp³-hybridized carbons (Fsp3) is 0.158. The summed E-state index contributed by atoms with van der Waals surface area (Å²) < 4.78 is 44.4. The highest BCUT2D eigenvalue weighted by atomic mass is 19.4. The summed E-state index contributed by atoms with van der Waals surface area (Å²) in [7, 11) is 1.38. The number of pyridine rings is 1. The number of amides is 1. The van der Waals surface area contributed by atoms with E-state index in [2.05, 4.69) is 15.4 Å². The van der Waals surface area contributed by atoms with Crippen molar-refractivity contribution in [2.45, 2.75) is 12.7 Å². The molecule has 7 nitrogen and oxygen atoms in total. The summed E-state index contributed by atoms with van der Waals surface area (Å²) in [5.74, 6) is 0.0622. The number of hydrogen-bond acceptors (Lipinski definition) is 5. The van der Waals surface area contributed by atoms with E-state index in [4.69, 9.17) is 4.74 Å². The van der Waals surface area contributed by atoms with Crippen molar-refractivity contribution in [2.24, 2.45) is 0 Å². The third-order valence-electron chi connectivity index (χ3n) is 4.02. The minimum atomic E-state index is -4.41. The second-order valence-electron chi connectivity index (χ2n) is 5.96. The first-order chi connectivity index (χ1) is 13.8. The lowest BCUT2D eigenvalue weighted by Gasteiger charge is -2.11. The molecule has 0 aliphatic heterocycles. The van der Waals surface area contributed by atoms with Gasteiger partial charge in [-0.05, 0) is 17.7 Å². The number of benzene rings is 1. The zero-order chi connectivity index (χ0) is 21.0. The number of hydrogen-bond donors (Lipinski definition) is 1. The number of carbonyl (C=O) groups excluding carboxylic acids is 2. The van der Waals surface area contributed by atoms with Gasteiger partial charge in [0.1, 0.15) is 5.75 Å². The maximum absolute atomic E-state index is 12.6. The number of aldehydes is 1. The quantitative estimate of drug-likeness (QED) is 0.639. The van der Waals surface area contributed by atoms with E-state index in [0.29, 0.717) is 23.2 Å². The predicted molar refractivity (Wildman–Crippen MR) is 95.9 cm³/mol. The van der Waals surface area contributed by atoms with Crippen LogP contribution in [0.15, 0.2) is 48.9 Å². The van der Waals surface area contributed by atoms with E-state index in [1.54, 1.807) is 0 Å². The average molecular weight is 404 g/mol. The Labute approximate surface area is 163 Å². The van der Waals surface area contributed by atoms with E-state index >= 15 is 0 Å². The first-order valence-electron chi connectivity index (χ1n) is 8.30. The molecule has 0 unspecified atom stereocenters. The van der Waals surface area contributed by atoms with Gasteiger partial charge in [-0.1, -0.05) is 12.1 Å². The predicted octanol–water partition coefficient (Wildman–Crippen LogP) is 3.04. The Balaban J connectivity index is 1.72. The first-order valence-corrected chi connectivity index (χ1v) is 8.30. The molecule has 1 aromatic carbocycles. The summed E-state index contributed by atoms with van der Waals surface area (Å²) in [5, 5.41) is 6.61. The van der Waals surface area contributed by atoms with Crippen LogP contribution < -0.4 is 10.1 Å². The first kappa shape index (κ1) is 20.1. The van der Waals surface area contributed by atoms with Gasteiger partial charge in [0.15, 0.2) is 12.1 Å². The van der Waals surface area contributed by atoms with Crippen molar-refractivity contribution in [3.05, 3.63) is 71.2 Å². The van der Waals surface area contributed by atoms with Crippen molar-refractivity contribution in [3.8, 4) is 11.6 Å². The molecule has 0 spiro atoms. The van der Waals surface area contributed by atoms with Crippen molar-refractivity contribution in [1.29, 1.82) is 0 Å². The highest BCUT2D eigenvalue weighted by Gasteiger charge is 2.29. The van der Waals surface area contributed by atoms with Crippen LogP contribution in [0.3, 0.4) is 0 Å². The van der Waals surface area contributed by atoms with Crippen LogP contribution in [0.1, 0.15) is 31.8 Å². The van der Waals surface area contributed by atoms with Gasteiger partial charge >= 0.3 is 6.18 Å². The third kappa shape index (κ3) is 4.60. The van der Waals surface area contributed by atoms with Crippen molar-refractivity contribution in [3.63, 3.8) is 0 Å². The van der Waals surface area contributed by atoms with Gasteiger partial charge in [0, 0.05) is 25.0 Å². The topological polar surface area (TPSA) is 86.1 Å². The molecule has 0 saturated carbocycles. The van der Waals surface area contributed by atoms with Gasteiger partial charge in [-0.15, -0.1) is 0 Å². The monoisotopic (exact) mass is 404 g/mol. The molecule has 1 amide bonds. The van der Waals surface area contributed by atoms with E-state index in [-0.39, 0.29) is 17.9 Å². The van der Waals surface area contributed by atoms with Crippen LogP contribution in [-0.4, -0.2) is 34.1 Å². The summed E-state index contributed by atoms with van der Waals surface area (Å²) in [5.41, 5.74) is 0.258. The number of alkyl halides is 3. The molecular weight excluding hydrogens is 389 g/mol. The van der Waals surface area contributed by atoms with Crippen LogP contribution in [0.4, 0.5) is 13.2 Å².